The lowest BCUT2D eigenvalue weighted by molar-refractivity contribution is -0.0247. The molecule has 2 heterocycles. The smallest absolute Gasteiger partial charge is 0.494 e. The fourth-order valence-electron chi connectivity index (χ4n) is 3.25. The maximum absolute atomic E-state index is 6.23. The summed E-state index contributed by atoms with van der Waals surface area (Å²) in [5.74, 6) is 1.43. The van der Waals surface area contributed by atoms with Crippen molar-refractivity contribution in [3.8, 4) is 5.75 Å². The molecule has 1 aromatic rings. The van der Waals surface area contributed by atoms with E-state index in [1.165, 1.54) is 19.3 Å². The third-order valence-corrected chi connectivity index (χ3v) is 5.98. The van der Waals surface area contributed by atoms with E-state index in [9.17, 15) is 0 Å². The molecule has 0 amide bonds. The highest BCUT2D eigenvalue weighted by atomic mass is 16.7. The minimum atomic E-state index is -0.450. The van der Waals surface area contributed by atoms with Crippen LogP contribution in [0.25, 0.3) is 0 Å². The van der Waals surface area contributed by atoms with Gasteiger partial charge in [0, 0.05) is 11.0 Å². The van der Waals surface area contributed by atoms with Crippen LogP contribution in [0.5, 0.6) is 5.75 Å². The molecule has 0 aromatic heterocycles. The van der Waals surface area contributed by atoms with Crippen LogP contribution in [0.4, 0.5) is 0 Å². The molecular weight excluding hydrogens is 331 g/mol. The van der Waals surface area contributed by atoms with Crippen LogP contribution >= 0.6 is 0 Å². The largest absolute Gasteiger partial charge is 0.498 e. The quantitative estimate of drug-likeness (QED) is 0.752. The number of rotatable bonds is 5. The second kappa shape index (κ2) is 6.50. The Morgan fingerprint density at radius 3 is 2.27 bits per heavy atom. The van der Waals surface area contributed by atoms with Gasteiger partial charge in [-0.1, -0.05) is 18.6 Å². The molecule has 1 saturated heterocycles. The maximum atomic E-state index is 6.23. The van der Waals surface area contributed by atoms with E-state index in [-0.39, 0.29) is 11.2 Å². The first-order valence-electron chi connectivity index (χ1n) is 9.44. The first kappa shape index (κ1) is 17.7. The third kappa shape index (κ3) is 3.21. The highest BCUT2D eigenvalue weighted by Crippen LogP contribution is 2.38. The van der Waals surface area contributed by atoms with Gasteiger partial charge in [-0.3, -0.25) is 0 Å². The Morgan fingerprint density at radius 1 is 1.04 bits per heavy atom. The van der Waals surface area contributed by atoms with Crippen molar-refractivity contribution in [3.05, 3.63) is 36.3 Å². The third-order valence-electron chi connectivity index (χ3n) is 5.98. The van der Waals surface area contributed by atoms with Gasteiger partial charge in [0.25, 0.3) is 6.29 Å². The van der Waals surface area contributed by atoms with Gasteiger partial charge in [-0.25, -0.2) is 0 Å². The molecule has 3 aliphatic rings. The molecule has 1 aromatic carbocycles. The molecule has 2 fully saturated rings. The zero-order chi connectivity index (χ0) is 18.4. The van der Waals surface area contributed by atoms with Crippen molar-refractivity contribution in [2.75, 3.05) is 6.61 Å². The standard InChI is InChI=1S/C20H27BO5/c1-19(2)20(3,4)26-21(25-19)16-9-8-15(18-22-10-11-23-18)12-17(16)24-13-14-6-5-7-14/h8-12,14,18H,5-7,13H2,1-4H3. The van der Waals surface area contributed by atoms with Crippen molar-refractivity contribution in [1.29, 1.82) is 0 Å². The molecule has 1 saturated carbocycles. The summed E-state index contributed by atoms with van der Waals surface area (Å²) in [6.45, 7) is 8.95. The molecule has 6 heteroatoms. The molecule has 140 valence electrons. The molecule has 4 rings (SSSR count). The Kier molecular flexibility index (Phi) is 4.44. The monoisotopic (exact) mass is 358 g/mol. The van der Waals surface area contributed by atoms with Gasteiger partial charge in [0.1, 0.15) is 18.3 Å². The molecule has 5 nitrogen and oxygen atoms in total. The molecule has 0 unspecified atom stereocenters. The van der Waals surface area contributed by atoms with Gasteiger partial charge in [-0.15, -0.1) is 0 Å². The number of ether oxygens (including phenoxy) is 3. The molecule has 0 atom stereocenters. The minimum Gasteiger partial charge on any atom is -0.494 e. The fraction of sp³-hybridized carbons (Fsp3) is 0.600. The lowest BCUT2D eigenvalue weighted by Crippen LogP contribution is -2.41. The summed E-state index contributed by atoms with van der Waals surface area (Å²) in [6, 6.07) is 5.96. The summed E-state index contributed by atoms with van der Waals surface area (Å²) in [6.07, 6.45) is 6.47. The van der Waals surface area contributed by atoms with E-state index in [4.69, 9.17) is 23.5 Å². The molecule has 0 spiro atoms. The van der Waals surface area contributed by atoms with Gasteiger partial charge in [-0.05, 0) is 52.5 Å². The summed E-state index contributed by atoms with van der Waals surface area (Å²) in [5.41, 5.74) is 1.06. The predicted molar refractivity (Wildman–Crippen MR) is 99.0 cm³/mol. The second-order valence-corrected chi connectivity index (χ2v) is 8.37. The average Bonchev–Trinajstić information content (AvgIpc) is 3.12. The van der Waals surface area contributed by atoms with E-state index < -0.39 is 13.4 Å². The molecular formula is C20H27BO5. The van der Waals surface area contributed by atoms with E-state index >= 15 is 0 Å². The van der Waals surface area contributed by atoms with Crippen LogP contribution in [0.2, 0.25) is 0 Å². The summed E-state index contributed by atoms with van der Waals surface area (Å²) in [5, 5.41) is 0. The Labute approximate surface area is 155 Å². The number of hydrogen-bond donors (Lipinski definition) is 0. The Morgan fingerprint density at radius 2 is 1.69 bits per heavy atom. The molecule has 26 heavy (non-hydrogen) atoms. The summed E-state index contributed by atoms with van der Waals surface area (Å²) < 4.78 is 29.6. The van der Waals surface area contributed by atoms with Crippen molar-refractivity contribution in [2.45, 2.75) is 64.4 Å². The maximum Gasteiger partial charge on any atom is 0.498 e. The number of benzene rings is 1. The van der Waals surface area contributed by atoms with Gasteiger partial charge < -0.3 is 23.5 Å². The van der Waals surface area contributed by atoms with Gasteiger partial charge >= 0.3 is 7.12 Å². The SMILES string of the molecule is CC1(C)OB(c2ccc(C3OC=CO3)cc2OCC2CCC2)OC1(C)C. The fourth-order valence-corrected chi connectivity index (χ4v) is 3.25. The van der Waals surface area contributed by atoms with Crippen LogP contribution < -0.4 is 10.2 Å². The van der Waals surface area contributed by atoms with E-state index in [2.05, 4.69) is 27.7 Å². The van der Waals surface area contributed by atoms with Crippen LogP contribution in [0.3, 0.4) is 0 Å². The molecule has 2 aliphatic heterocycles. The highest BCUT2D eigenvalue weighted by Gasteiger charge is 2.52. The van der Waals surface area contributed by atoms with Crippen LogP contribution in [0, 0.1) is 5.92 Å². The van der Waals surface area contributed by atoms with Gasteiger partial charge in [-0.2, -0.15) is 0 Å². The summed E-state index contributed by atoms with van der Waals surface area (Å²) in [7, 11) is -0.450. The van der Waals surface area contributed by atoms with E-state index in [1.807, 2.05) is 18.2 Å². The summed E-state index contributed by atoms with van der Waals surface area (Å²) >= 11 is 0. The van der Waals surface area contributed by atoms with Gasteiger partial charge in [0.2, 0.25) is 0 Å². The first-order valence-corrected chi connectivity index (χ1v) is 9.44. The van der Waals surface area contributed by atoms with E-state index in [0.29, 0.717) is 5.92 Å². The van der Waals surface area contributed by atoms with Crippen LogP contribution in [0.1, 0.15) is 58.8 Å². The van der Waals surface area contributed by atoms with E-state index in [0.717, 1.165) is 23.4 Å². The number of hydrogen-bond acceptors (Lipinski definition) is 5. The highest BCUT2D eigenvalue weighted by molar-refractivity contribution is 6.63. The topological polar surface area (TPSA) is 46.2 Å². The zero-order valence-corrected chi connectivity index (χ0v) is 16.0. The molecule has 0 radical (unpaired) electrons. The zero-order valence-electron chi connectivity index (χ0n) is 16.0. The van der Waals surface area contributed by atoms with Gasteiger partial charge in [0.15, 0.2) is 0 Å². The van der Waals surface area contributed by atoms with Crippen molar-refractivity contribution < 1.29 is 23.5 Å². The van der Waals surface area contributed by atoms with E-state index in [1.54, 1.807) is 12.5 Å². The lowest BCUT2D eigenvalue weighted by Gasteiger charge is -2.32. The summed E-state index contributed by atoms with van der Waals surface area (Å²) in [4.78, 5) is 0. The Balaban J connectivity index is 1.59. The molecule has 1 aliphatic carbocycles. The lowest BCUT2D eigenvalue weighted by atomic mass is 9.77. The van der Waals surface area contributed by atoms with Crippen molar-refractivity contribution in [3.63, 3.8) is 0 Å². The van der Waals surface area contributed by atoms with Crippen molar-refractivity contribution in [2.24, 2.45) is 5.92 Å². The normalized spacial score (nSPS) is 24.2. The van der Waals surface area contributed by atoms with Crippen LogP contribution in [0.15, 0.2) is 30.7 Å². The Hall–Kier alpha value is -1.66. The van der Waals surface area contributed by atoms with Gasteiger partial charge in [0.05, 0.1) is 17.8 Å². The minimum absolute atomic E-state index is 0.386. The first-order chi connectivity index (χ1) is 12.4. The van der Waals surface area contributed by atoms with Crippen molar-refractivity contribution >= 4 is 12.6 Å². The molecule has 0 N–H and O–H groups in total. The van der Waals surface area contributed by atoms with Crippen LogP contribution in [-0.2, 0) is 18.8 Å². The average molecular weight is 358 g/mol. The second-order valence-electron chi connectivity index (χ2n) is 8.37. The Bertz CT molecular complexity index is 671. The van der Waals surface area contributed by atoms with Crippen molar-refractivity contribution in [1.82, 2.24) is 0 Å². The molecule has 0 bridgehead atoms. The predicted octanol–water partition coefficient (Wildman–Crippen LogP) is 3.68. The van der Waals surface area contributed by atoms with Crippen LogP contribution in [-0.4, -0.2) is 24.9 Å².